The highest BCUT2D eigenvalue weighted by atomic mass is 32.2. The van der Waals surface area contributed by atoms with Gasteiger partial charge < -0.3 is 10.2 Å². The van der Waals surface area contributed by atoms with Crippen LogP contribution in [0.5, 0.6) is 0 Å². The van der Waals surface area contributed by atoms with Crippen LogP contribution in [-0.4, -0.2) is 29.0 Å². The average molecular weight is 459 g/mol. The number of benzene rings is 3. The third-order valence-corrected chi connectivity index (χ3v) is 7.41. The number of carbonyl (C=O) groups excluding carboxylic acids is 2. The van der Waals surface area contributed by atoms with E-state index in [1.807, 2.05) is 54.3 Å². The molecule has 0 aliphatic carbocycles. The van der Waals surface area contributed by atoms with Crippen molar-refractivity contribution in [3.8, 4) is 0 Å². The molecule has 170 valence electrons. The molecule has 1 aliphatic rings. The van der Waals surface area contributed by atoms with Crippen molar-refractivity contribution >= 4 is 23.6 Å². The number of hydrogen-bond acceptors (Lipinski definition) is 3. The van der Waals surface area contributed by atoms with E-state index in [2.05, 4.69) is 49.5 Å². The molecule has 0 unspecified atom stereocenters. The molecule has 1 fully saturated rings. The maximum absolute atomic E-state index is 12.8. The lowest BCUT2D eigenvalue weighted by Crippen LogP contribution is -2.30. The molecule has 0 saturated carbocycles. The first-order valence-corrected chi connectivity index (χ1v) is 12.4. The van der Waals surface area contributed by atoms with Crippen molar-refractivity contribution in [1.29, 1.82) is 0 Å². The van der Waals surface area contributed by atoms with Gasteiger partial charge in [0, 0.05) is 12.1 Å². The zero-order valence-corrected chi connectivity index (χ0v) is 20.2. The predicted octanol–water partition coefficient (Wildman–Crippen LogP) is 5.61. The second kappa shape index (κ2) is 10.3. The zero-order chi connectivity index (χ0) is 23.4. The number of hydrogen-bond donors (Lipinski definition) is 1. The Labute approximate surface area is 200 Å². The van der Waals surface area contributed by atoms with E-state index in [-0.39, 0.29) is 23.2 Å². The van der Waals surface area contributed by atoms with Gasteiger partial charge in [0.1, 0.15) is 5.37 Å². The van der Waals surface area contributed by atoms with E-state index >= 15 is 0 Å². The van der Waals surface area contributed by atoms with Gasteiger partial charge in [-0.2, -0.15) is 0 Å². The molecular weight excluding hydrogens is 428 g/mol. The average Bonchev–Trinajstić information content (AvgIpc) is 3.18. The lowest BCUT2D eigenvalue weighted by Gasteiger charge is -2.24. The molecule has 3 aromatic carbocycles. The van der Waals surface area contributed by atoms with E-state index in [0.29, 0.717) is 17.9 Å². The van der Waals surface area contributed by atoms with Gasteiger partial charge >= 0.3 is 0 Å². The van der Waals surface area contributed by atoms with Gasteiger partial charge in [0.25, 0.3) is 5.91 Å². The molecule has 1 saturated heterocycles. The Kier molecular flexibility index (Phi) is 7.19. The second-order valence-corrected chi connectivity index (χ2v) is 9.73. The summed E-state index contributed by atoms with van der Waals surface area (Å²) < 4.78 is 0. The van der Waals surface area contributed by atoms with Gasteiger partial charge in [-0.25, -0.2) is 0 Å². The molecule has 4 rings (SSSR count). The molecule has 1 N–H and O–H groups in total. The molecular formula is C28H30N2O2S. The first kappa shape index (κ1) is 23.1. The quantitative estimate of drug-likeness (QED) is 0.501. The smallest absolute Gasteiger partial charge is 0.251 e. The van der Waals surface area contributed by atoms with Crippen LogP contribution < -0.4 is 5.32 Å². The Morgan fingerprint density at radius 3 is 2.48 bits per heavy atom. The Morgan fingerprint density at radius 1 is 1.06 bits per heavy atom. The van der Waals surface area contributed by atoms with E-state index in [9.17, 15) is 9.59 Å². The predicted molar refractivity (Wildman–Crippen MR) is 135 cm³/mol. The Balaban J connectivity index is 1.41. The van der Waals surface area contributed by atoms with Crippen LogP contribution in [0.1, 0.15) is 56.5 Å². The number of nitrogens with zero attached hydrogens (tertiary/aromatic N) is 1. The third kappa shape index (κ3) is 5.48. The molecule has 0 spiro atoms. The summed E-state index contributed by atoms with van der Waals surface area (Å²) >= 11 is 1.65. The molecule has 1 heterocycles. The SMILES string of the molecule is Cc1ccc([C@@H](C)NC(=O)c2ccc([C@@H]3SCC(=O)N3CCc3ccccc3)cc2)c(C)c1. The van der Waals surface area contributed by atoms with Gasteiger partial charge in [-0.1, -0.05) is 66.2 Å². The van der Waals surface area contributed by atoms with Crippen LogP contribution in [0.4, 0.5) is 0 Å². The van der Waals surface area contributed by atoms with Crippen LogP contribution in [0.15, 0.2) is 72.8 Å². The number of thioether (sulfide) groups is 1. The summed E-state index contributed by atoms with van der Waals surface area (Å²) in [4.78, 5) is 27.3. The molecule has 0 radical (unpaired) electrons. The minimum atomic E-state index is -0.0925. The fourth-order valence-corrected chi connectivity index (χ4v) is 5.55. The number of carbonyl (C=O) groups is 2. The zero-order valence-electron chi connectivity index (χ0n) is 19.4. The van der Waals surface area contributed by atoms with Crippen molar-refractivity contribution < 1.29 is 9.59 Å². The fraction of sp³-hybridized carbons (Fsp3) is 0.286. The molecule has 33 heavy (non-hydrogen) atoms. The molecule has 2 atom stereocenters. The van der Waals surface area contributed by atoms with Crippen LogP contribution in [-0.2, 0) is 11.2 Å². The van der Waals surface area contributed by atoms with Crippen LogP contribution >= 0.6 is 11.8 Å². The van der Waals surface area contributed by atoms with Crippen LogP contribution in [0.3, 0.4) is 0 Å². The van der Waals surface area contributed by atoms with E-state index in [0.717, 1.165) is 17.5 Å². The lowest BCUT2D eigenvalue weighted by atomic mass is 10.00. The Morgan fingerprint density at radius 2 is 1.79 bits per heavy atom. The summed E-state index contributed by atoms with van der Waals surface area (Å²) in [5, 5.41) is 3.10. The number of nitrogens with one attached hydrogen (secondary N) is 1. The highest BCUT2D eigenvalue weighted by Crippen LogP contribution is 2.38. The van der Waals surface area contributed by atoms with E-state index in [4.69, 9.17) is 0 Å². The minimum absolute atomic E-state index is 0.00699. The van der Waals surface area contributed by atoms with Crippen molar-refractivity contribution in [2.24, 2.45) is 0 Å². The summed E-state index contributed by atoms with van der Waals surface area (Å²) in [6, 6.07) is 24.1. The Hall–Kier alpha value is -3.05. The standard InChI is InChI=1S/C28H30N2O2S/c1-19-9-14-25(20(2)17-19)21(3)29-27(32)23-10-12-24(13-11-23)28-30(26(31)18-33-28)16-15-22-7-5-4-6-8-22/h4-14,17,21,28H,15-16,18H2,1-3H3,(H,29,32)/t21-,28+/m1/s1. The molecule has 1 aliphatic heterocycles. The third-order valence-electron chi connectivity index (χ3n) is 6.15. The normalized spacial score (nSPS) is 16.6. The summed E-state index contributed by atoms with van der Waals surface area (Å²) in [7, 11) is 0. The lowest BCUT2D eigenvalue weighted by molar-refractivity contribution is -0.128. The number of aryl methyl sites for hydroxylation is 2. The highest BCUT2D eigenvalue weighted by Gasteiger charge is 2.32. The van der Waals surface area contributed by atoms with Crippen molar-refractivity contribution in [3.63, 3.8) is 0 Å². The largest absolute Gasteiger partial charge is 0.346 e. The maximum Gasteiger partial charge on any atom is 0.251 e. The van der Waals surface area contributed by atoms with Crippen LogP contribution in [0, 0.1) is 13.8 Å². The molecule has 3 aromatic rings. The fourth-order valence-electron chi connectivity index (χ4n) is 4.33. The van der Waals surface area contributed by atoms with Gasteiger partial charge in [-0.15, -0.1) is 11.8 Å². The van der Waals surface area contributed by atoms with Gasteiger partial charge in [-0.3, -0.25) is 9.59 Å². The van der Waals surface area contributed by atoms with E-state index in [1.54, 1.807) is 11.8 Å². The Bertz CT molecular complexity index is 1130. The first-order valence-electron chi connectivity index (χ1n) is 11.4. The van der Waals surface area contributed by atoms with Crippen molar-refractivity contribution in [3.05, 3.63) is 106 Å². The summed E-state index contributed by atoms with van der Waals surface area (Å²) in [5.74, 6) is 0.574. The van der Waals surface area contributed by atoms with Gasteiger partial charge in [0.15, 0.2) is 0 Å². The monoisotopic (exact) mass is 458 g/mol. The molecule has 5 heteroatoms. The first-order chi connectivity index (χ1) is 15.9. The van der Waals surface area contributed by atoms with Crippen molar-refractivity contribution in [1.82, 2.24) is 10.2 Å². The number of amides is 2. The molecule has 0 bridgehead atoms. The van der Waals surface area contributed by atoms with Gasteiger partial charge in [0.2, 0.25) is 5.91 Å². The minimum Gasteiger partial charge on any atom is -0.346 e. The highest BCUT2D eigenvalue weighted by molar-refractivity contribution is 8.00. The second-order valence-electron chi connectivity index (χ2n) is 8.66. The molecule has 4 nitrogen and oxygen atoms in total. The summed E-state index contributed by atoms with van der Waals surface area (Å²) in [6.45, 7) is 6.84. The summed E-state index contributed by atoms with van der Waals surface area (Å²) in [5.41, 5.74) is 6.42. The van der Waals surface area contributed by atoms with Crippen LogP contribution in [0.2, 0.25) is 0 Å². The van der Waals surface area contributed by atoms with Crippen molar-refractivity contribution in [2.75, 3.05) is 12.3 Å². The van der Waals surface area contributed by atoms with Gasteiger partial charge in [-0.05, 0) is 61.6 Å². The van der Waals surface area contributed by atoms with Crippen LogP contribution in [0.25, 0.3) is 0 Å². The van der Waals surface area contributed by atoms with E-state index < -0.39 is 0 Å². The van der Waals surface area contributed by atoms with E-state index in [1.165, 1.54) is 16.7 Å². The topological polar surface area (TPSA) is 49.4 Å². The van der Waals surface area contributed by atoms with Gasteiger partial charge in [0.05, 0.1) is 11.8 Å². The summed E-state index contributed by atoms with van der Waals surface area (Å²) in [6.07, 6.45) is 0.834. The van der Waals surface area contributed by atoms with Crippen molar-refractivity contribution in [2.45, 2.75) is 38.6 Å². The number of rotatable bonds is 7. The molecule has 0 aromatic heterocycles. The molecule has 2 amide bonds. The maximum atomic E-state index is 12.8.